The molecular formula is C17H19BrN2O2. The Morgan fingerprint density at radius 3 is 2.45 bits per heavy atom. The Kier molecular flexibility index (Phi) is 4.10. The maximum atomic E-state index is 12.2. The van der Waals surface area contributed by atoms with E-state index in [0.29, 0.717) is 10.2 Å². The Labute approximate surface area is 138 Å². The molecule has 2 aromatic rings. The van der Waals surface area contributed by atoms with E-state index >= 15 is 0 Å². The van der Waals surface area contributed by atoms with E-state index in [9.17, 15) is 4.79 Å². The molecule has 3 rings (SSSR count). The van der Waals surface area contributed by atoms with Crippen molar-refractivity contribution in [3.8, 4) is 11.5 Å². The molecule has 22 heavy (non-hydrogen) atoms. The summed E-state index contributed by atoms with van der Waals surface area (Å²) >= 11 is 3.44. The van der Waals surface area contributed by atoms with Crippen LogP contribution in [0.1, 0.15) is 17.2 Å². The van der Waals surface area contributed by atoms with Crippen LogP contribution in [0, 0.1) is 13.8 Å². The van der Waals surface area contributed by atoms with Crippen molar-refractivity contribution in [3.63, 3.8) is 0 Å². The first-order valence-corrected chi connectivity index (χ1v) is 8.09. The minimum Gasteiger partial charge on any atom is -0.454 e. The van der Waals surface area contributed by atoms with E-state index in [0.717, 1.165) is 30.0 Å². The fraction of sp³-hybridized carbons (Fsp3) is 0.353. The van der Waals surface area contributed by atoms with Gasteiger partial charge in [-0.05, 0) is 48.0 Å². The lowest BCUT2D eigenvalue weighted by Crippen LogP contribution is -2.47. The van der Waals surface area contributed by atoms with Crippen LogP contribution in [-0.2, 0) is 0 Å². The third kappa shape index (κ3) is 2.83. The number of benzene rings is 1. The summed E-state index contributed by atoms with van der Waals surface area (Å²) in [6.45, 7) is 5.83. The topological polar surface area (TPSA) is 34.5 Å². The molecule has 5 heteroatoms. The van der Waals surface area contributed by atoms with E-state index in [1.54, 1.807) is 10.6 Å². The average Bonchev–Trinajstić information content (AvgIpc) is 2.42. The van der Waals surface area contributed by atoms with Crippen LogP contribution in [0.2, 0.25) is 0 Å². The number of para-hydroxylation sites is 1. The molecule has 0 bridgehead atoms. The summed E-state index contributed by atoms with van der Waals surface area (Å²) in [6, 6.07) is 7.87. The summed E-state index contributed by atoms with van der Waals surface area (Å²) in [4.78, 5) is 14.4. The van der Waals surface area contributed by atoms with Crippen LogP contribution in [0.5, 0.6) is 11.5 Å². The molecule has 0 amide bonds. The van der Waals surface area contributed by atoms with Crippen LogP contribution in [0.15, 0.2) is 39.7 Å². The average molecular weight is 363 g/mol. The van der Waals surface area contributed by atoms with Crippen LogP contribution < -0.4 is 10.3 Å². The molecule has 0 saturated carbocycles. The smallest absolute Gasteiger partial charge is 0.252 e. The van der Waals surface area contributed by atoms with Gasteiger partial charge in [-0.25, -0.2) is 0 Å². The van der Waals surface area contributed by atoms with Crippen molar-refractivity contribution in [2.24, 2.45) is 0 Å². The van der Waals surface area contributed by atoms with Gasteiger partial charge in [-0.1, -0.05) is 18.2 Å². The Bertz CT molecular complexity index is 743. The summed E-state index contributed by atoms with van der Waals surface area (Å²) < 4.78 is 8.55. The normalized spacial score (nSPS) is 15.6. The van der Waals surface area contributed by atoms with Crippen molar-refractivity contribution < 1.29 is 4.74 Å². The minimum absolute atomic E-state index is 0.00108. The van der Waals surface area contributed by atoms with Crippen molar-refractivity contribution in [2.75, 3.05) is 20.1 Å². The van der Waals surface area contributed by atoms with E-state index in [1.807, 2.05) is 38.2 Å². The number of aryl methyl sites for hydroxylation is 2. The standard InChI is InChI=1S/C17H19BrN2O2/c1-11-5-4-6-12(2)17(11)22-15-10-20(13-8-19(3)9-13)16(21)7-14(15)18/h4-7,10,13H,8-9H2,1-3H3. The predicted octanol–water partition coefficient (Wildman–Crippen LogP) is 3.51. The quantitative estimate of drug-likeness (QED) is 0.837. The number of aromatic nitrogens is 1. The van der Waals surface area contributed by atoms with Crippen LogP contribution in [0.3, 0.4) is 0 Å². The summed E-state index contributed by atoms with van der Waals surface area (Å²) in [5, 5.41) is 0. The monoisotopic (exact) mass is 362 g/mol. The van der Waals surface area contributed by atoms with Gasteiger partial charge in [0.2, 0.25) is 0 Å². The molecule has 4 nitrogen and oxygen atoms in total. The predicted molar refractivity (Wildman–Crippen MR) is 90.9 cm³/mol. The fourth-order valence-electron chi connectivity index (χ4n) is 2.78. The summed E-state index contributed by atoms with van der Waals surface area (Å²) in [5.41, 5.74) is 2.15. The number of halogens is 1. The maximum Gasteiger partial charge on any atom is 0.252 e. The lowest BCUT2D eigenvalue weighted by molar-refractivity contribution is 0.137. The van der Waals surface area contributed by atoms with E-state index in [4.69, 9.17) is 4.74 Å². The van der Waals surface area contributed by atoms with Gasteiger partial charge in [0.05, 0.1) is 16.7 Å². The van der Waals surface area contributed by atoms with Crippen LogP contribution >= 0.6 is 15.9 Å². The molecule has 2 heterocycles. The van der Waals surface area contributed by atoms with Crippen LogP contribution in [0.25, 0.3) is 0 Å². The number of hydrogen-bond acceptors (Lipinski definition) is 3. The van der Waals surface area contributed by atoms with Crippen molar-refractivity contribution >= 4 is 15.9 Å². The second-order valence-electron chi connectivity index (χ2n) is 5.93. The van der Waals surface area contributed by atoms with Crippen molar-refractivity contribution in [1.29, 1.82) is 0 Å². The van der Waals surface area contributed by atoms with Crippen LogP contribution in [0.4, 0.5) is 0 Å². The Morgan fingerprint density at radius 2 is 1.86 bits per heavy atom. The second-order valence-corrected chi connectivity index (χ2v) is 6.78. The molecule has 1 saturated heterocycles. The zero-order valence-electron chi connectivity index (χ0n) is 13.0. The molecule has 116 valence electrons. The third-order valence-electron chi connectivity index (χ3n) is 4.06. The number of likely N-dealkylation sites (tertiary alicyclic amines) is 1. The number of hydrogen-bond donors (Lipinski definition) is 0. The first-order valence-electron chi connectivity index (χ1n) is 7.30. The second kappa shape index (κ2) is 5.89. The zero-order chi connectivity index (χ0) is 15.9. The fourth-order valence-corrected chi connectivity index (χ4v) is 3.16. The number of ether oxygens (including phenoxy) is 1. The van der Waals surface area contributed by atoms with Crippen molar-refractivity contribution in [1.82, 2.24) is 9.47 Å². The number of rotatable bonds is 3. The van der Waals surface area contributed by atoms with Gasteiger partial charge >= 0.3 is 0 Å². The Hall–Kier alpha value is -1.59. The van der Waals surface area contributed by atoms with Gasteiger partial charge in [-0.3, -0.25) is 4.79 Å². The molecule has 1 fully saturated rings. The molecule has 1 aromatic heterocycles. The highest BCUT2D eigenvalue weighted by molar-refractivity contribution is 9.10. The third-order valence-corrected chi connectivity index (χ3v) is 4.68. The summed E-state index contributed by atoms with van der Waals surface area (Å²) in [5.74, 6) is 1.52. The summed E-state index contributed by atoms with van der Waals surface area (Å²) in [6.07, 6.45) is 1.82. The van der Waals surface area contributed by atoms with Gasteiger partial charge in [0.25, 0.3) is 5.56 Å². The number of pyridine rings is 1. The number of likely N-dealkylation sites (N-methyl/N-ethyl adjacent to an activating group) is 1. The van der Waals surface area contributed by atoms with Gasteiger partial charge in [0.1, 0.15) is 5.75 Å². The molecule has 1 aliphatic heterocycles. The molecule has 0 N–H and O–H groups in total. The minimum atomic E-state index is -0.00108. The lowest BCUT2D eigenvalue weighted by Gasteiger charge is -2.37. The van der Waals surface area contributed by atoms with Gasteiger partial charge in [0, 0.05) is 19.2 Å². The van der Waals surface area contributed by atoms with E-state index in [-0.39, 0.29) is 11.6 Å². The van der Waals surface area contributed by atoms with Crippen LogP contribution in [-0.4, -0.2) is 29.6 Å². The first kappa shape index (κ1) is 15.3. The van der Waals surface area contributed by atoms with E-state index in [2.05, 4.69) is 27.9 Å². The molecule has 0 radical (unpaired) electrons. The molecule has 0 spiro atoms. The van der Waals surface area contributed by atoms with E-state index < -0.39 is 0 Å². The van der Waals surface area contributed by atoms with Gasteiger partial charge in [-0.2, -0.15) is 0 Å². The number of nitrogens with zero attached hydrogens (tertiary/aromatic N) is 2. The first-order chi connectivity index (χ1) is 10.5. The largest absolute Gasteiger partial charge is 0.454 e. The van der Waals surface area contributed by atoms with Crippen molar-refractivity contribution in [2.45, 2.75) is 19.9 Å². The van der Waals surface area contributed by atoms with E-state index in [1.165, 1.54) is 0 Å². The van der Waals surface area contributed by atoms with Crippen molar-refractivity contribution in [3.05, 3.63) is 56.4 Å². The summed E-state index contributed by atoms with van der Waals surface area (Å²) in [7, 11) is 2.05. The highest BCUT2D eigenvalue weighted by Crippen LogP contribution is 2.33. The molecule has 0 atom stereocenters. The highest BCUT2D eigenvalue weighted by atomic mass is 79.9. The van der Waals surface area contributed by atoms with Gasteiger partial charge in [-0.15, -0.1) is 0 Å². The lowest BCUT2D eigenvalue weighted by atomic mass is 10.1. The van der Waals surface area contributed by atoms with Gasteiger partial charge < -0.3 is 14.2 Å². The maximum absolute atomic E-state index is 12.2. The Morgan fingerprint density at radius 1 is 1.23 bits per heavy atom. The molecule has 0 aliphatic carbocycles. The molecule has 0 unspecified atom stereocenters. The Balaban J connectivity index is 1.97. The zero-order valence-corrected chi connectivity index (χ0v) is 14.6. The molecule has 1 aliphatic rings. The molecular weight excluding hydrogens is 344 g/mol. The molecule has 1 aromatic carbocycles. The highest BCUT2D eigenvalue weighted by Gasteiger charge is 2.26. The SMILES string of the molecule is Cc1cccc(C)c1Oc1cn(C2CN(C)C2)c(=O)cc1Br. The van der Waals surface area contributed by atoms with Gasteiger partial charge in [0.15, 0.2) is 5.75 Å².